The molecule has 0 aliphatic rings. The summed E-state index contributed by atoms with van der Waals surface area (Å²) in [5.41, 5.74) is 5.37. The van der Waals surface area contributed by atoms with Gasteiger partial charge in [-0.3, -0.25) is 4.79 Å². The van der Waals surface area contributed by atoms with E-state index >= 15 is 0 Å². The molecule has 3 aromatic rings. The topological polar surface area (TPSA) is 93.1 Å². The predicted octanol–water partition coefficient (Wildman–Crippen LogP) is 3.54. The molecule has 1 amide bonds. The minimum Gasteiger partial charge on any atom is -0.352 e. The zero-order valence-corrected chi connectivity index (χ0v) is 20.3. The molecule has 1 aromatic heterocycles. The van der Waals surface area contributed by atoms with Gasteiger partial charge in [-0.05, 0) is 80.1 Å². The number of hydrogen-bond donors (Lipinski definition) is 2. The van der Waals surface area contributed by atoms with Gasteiger partial charge in [0.2, 0.25) is 15.9 Å². The molecule has 1 heterocycles. The van der Waals surface area contributed by atoms with E-state index in [1.807, 2.05) is 20.8 Å². The van der Waals surface area contributed by atoms with Crippen molar-refractivity contribution in [2.75, 3.05) is 6.54 Å². The molecule has 0 saturated heterocycles. The van der Waals surface area contributed by atoms with E-state index in [2.05, 4.69) is 15.0 Å². The highest BCUT2D eigenvalue weighted by atomic mass is 32.2. The normalized spacial score (nSPS) is 11.6. The number of benzene rings is 2. The van der Waals surface area contributed by atoms with E-state index in [0.29, 0.717) is 22.4 Å². The van der Waals surface area contributed by atoms with Crippen molar-refractivity contribution in [1.29, 1.82) is 0 Å². The standard InChI is InChI=1S/C24H29FN4O3S/c1-15-16(2)18(4)24(19(5)17(15)3)33(31,32)28-9-8-23(30)27-13-20-6-7-22(21(25)12-20)29-11-10-26-14-29/h6-7,10-12,14,28H,8-9,13H2,1-5H3,(H,27,30). The maximum atomic E-state index is 14.3. The lowest BCUT2D eigenvalue weighted by atomic mass is 9.95. The van der Waals surface area contributed by atoms with Gasteiger partial charge in [-0.1, -0.05) is 6.07 Å². The molecule has 2 N–H and O–H groups in total. The fourth-order valence-corrected chi connectivity index (χ4v) is 5.43. The van der Waals surface area contributed by atoms with Crippen LogP contribution < -0.4 is 10.0 Å². The van der Waals surface area contributed by atoms with Crippen molar-refractivity contribution in [2.24, 2.45) is 0 Å². The molecular formula is C24H29FN4O3S. The number of sulfonamides is 1. The monoisotopic (exact) mass is 472 g/mol. The van der Waals surface area contributed by atoms with Crippen LogP contribution in [0.1, 0.15) is 39.8 Å². The van der Waals surface area contributed by atoms with E-state index in [-0.39, 0.29) is 30.3 Å². The molecule has 0 saturated carbocycles. The quantitative estimate of drug-likeness (QED) is 0.525. The van der Waals surface area contributed by atoms with Crippen LogP contribution in [0.15, 0.2) is 41.8 Å². The van der Waals surface area contributed by atoms with Gasteiger partial charge in [0, 0.05) is 31.9 Å². The zero-order chi connectivity index (χ0) is 24.3. The maximum Gasteiger partial charge on any atom is 0.241 e. The summed E-state index contributed by atoms with van der Waals surface area (Å²) >= 11 is 0. The van der Waals surface area contributed by atoms with Crippen molar-refractivity contribution in [1.82, 2.24) is 19.6 Å². The molecule has 0 fully saturated rings. The number of nitrogens with one attached hydrogen (secondary N) is 2. The Labute approximate surface area is 194 Å². The van der Waals surface area contributed by atoms with E-state index in [1.165, 1.54) is 12.4 Å². The summed E-state index contributed by atoms with van der Waals surface area (Å²) in [5, 5.41) is 2.70. The third kappa shape index (κ3) is 5.31. The number of amides is 1. The van der Waals surface area contributed by atoms with Crippen LogP contribution in [0.2, 0.25) is 0 Å². The summed E-state index contributed by atoms with van der Waals surface area (Å²) in [5.74, 6) is -0.761. The smallest absolute Gasteiger partial charge is 0.241 e. The van der Waals surface area contributed by atoms with Crippen molar-refractivity contribution in [3.63, 3.8) is 0 Å². The van der Waals surface area contributed by atoms with Crippen LogP contribution in [0.4, 0.5) is 4.39 Å². The molecule has 7 nitrogen and oxygen atoms in total. The molecular weight excluding hydrogens is 443 g/mol. The van der Waals surface area contributed by atoms with Crippen LogP contribution in [-0.2, 0) is 21.4 Å². The summed E-state index contributed by atoms with van der Waals surface area (Å²) in [6, 6.07) is 4.68. The Hall–Kier alpha value is -3.04. The first-order chi connectivity index (χ1) is 15.5. The lowest BCUT2D eigenvalue weighted by Crippen LogP contribution is -2.31. The molecule has 0 spiro atoms. The van der Waals surface area contributed by atoms with Crippen molar-refractivity contribution in [3.8, 4) is 5.69 Å². The van der Waals surface area contributed by atoms with Gasteiger partial charge in [0.05, 0.1) is 16.9 Å². The number of imidazole rings is 1. The second kappa shape index (κ2) is 9.84. The van der Waals surface area contributed by atoms with Crippen LogP contribution in [0, 0.1) is 40.4 Å². The summed E-state index contributed by atoms with van der Waals surface area (Å²) in [7, 11) is -3.77. The second-order valence-electron chi connectivity index (χ2n) is 8.13. The van der Waals surface area contributed by atoms with Gasteiger partial charge in [-0.25, -0.2) is 22.5 Å². The Balaban J connectivity index is 1.57. The van der Waals surface area contributed by atoms with Crippen molar-refractivity contribution >= 4 is 15.9 Å². The Morgan fingerprint density at radius 3 is 2.24 bits per heavy atom. The lowest BCUT2D eigenvalue weighted by Gasteiger charge is -2.19. The summed E-state index contributed by atoms with van der Waals surface area (Å²) < 4.78 is 44.3. The number of nitrogens with zero attached hydrogens (tertiary/aromatic N) is 2. The van der Waals surface area contributed by atoms with Gasteiger partial charge < -0.3 is 9.88 Å². The first kappa shape index (κ1) is 24.6. The molecule has 0 bridgehead atoms. The zero-order valence-electron chi connectivity index (χ0n) is 19.5. The highest BCUT2D eigenvalue weighted by molar-refractivity contribution is 7.89. The van der Waals surface area contributed by atoms with Crippen molar-refractivity contribution < 1.29 is 17.6 Å². The average Bonchev–Trinajstić information content (AvgIpc) is 3.29. The van der Waals surface area contributed by atoms with Gasteiger partial charge >= 0.3 is 0 Å². The number of carbonyl (C=O) groups is 1. The molecule has 0 aliphatic carbocycles. The van der Waals surface area contributed by atoms with Crippen molar-refractivity contribution in [2.45, 2.75) is 52.5 Å². The van der Waals surface area contributed by atoms with Crippen LogP contribution in [0.25, 0.3) is 5.69 Å². The minimum atomic E-state index is -3.77. The molecule has 0 unspecified atom stereocenters. The first-order valence-corrected chi connectivity index (χ1v) is 12.1. The number of aromatic nitrogens is 2. The largest absolute Gasteiger partial charge is 0.352 e. The fourth-order valence-electron chi connectivity index (χ4n) is 3.80. The third-order valence-electron chi connectivity index (χ3n) is 6.13. The number of rotatable bonds is 8. The minimum absolute atomic E-state index is 0.0310. The van der Waals surface area contributed by atoms with Gasteiger partial charge in [0.1, 0.15) is 5.82 Å². The summed E-state index contributed by atoms with van der Waals surface area (Å²) in [6.07, 6.45) is 4.68. The Morgan fingerprint density at radius 1 is 1.03 bits per heavy atom. The van der Waals surface area contributed by atoms with E-state index < -0.39 is 15.8 Å². The Kier molecular flexibility index (Phi) is 7.34. The van der Waals surface area contributed by atoms with Crippen LogP contribution >= 0.6 is 0 Å². The molecule has 9 heteroatoms. The van der Waals surface area contributed by atoms with Crippen LogP contribution in [-0.4, -0.2) is 30.4 Å². The molecule has 0 aliphatic heterocycles. The maximum absolute atomic E-state index is 14.3. The fraction of sp³-hybridized carbons (Fsp3) is 0.333. The number of hydrogen-bond acceptors (Lipinski definition) is 4. The van der Waals surface area contributed by atoms with Gasteiger partial charge in [0.25, 0.3) is 0 Å². The van der Waals surface area contributed by atoms with Gasteiger partial charge in [-0.15, -0.1) is 0 Å². The van der Waals surface area contributed by atoms with Crippen LogP contribution in [0.3, 0.4) is 0 Å². The highest BCUT2D eigenvalue weighted by Crippen LogP contribution is 2.29. The van der Waals surface area contributed by atoms with Crippen molar-refractivity contribution in [3.05, 3.63) is 76.1 Å². The third-order valence-corrected chi connectivity index (χ3v) is 7.86. The highest BCUT2D eigenvalue weighted by Gasteiger charge is 2.23. The second-order valence-corrected chi connectivity index (χ2v) is 9.84. The summed E-state index contributed by atoms with van der Waals surface area (Å²) in [4.78, 5) is 16.4. The summed E-state index contributed by atoms with van der Waals surface area (Å²) in [6.45, 7) is 9.51. The van der Waals surface area contributed by atoms with E-state index in [1.54, 1.807) is 42.9 Å². The average molecular weight is 473 g/mol. The SMILES string of the molecule is Cc1c(C)c(C)c(S(=O)(=O)NCCC(=O)NCc2ccc(-n3ccnc3)c(F)c2)c(C)c1C. The van der Waals surface area contributed by atoms with Gasteiger partial charge in [-0.2, -0.15) is 0 Å². The Bertz CT molecular complexity index is 1260. The van der Waals surface area contributed by atoms with E-state index in [0.717, 1.165) is 16.7 Å². The molecule has 0 radical (unpaired) electrons. The molecule has 176 valence electrons. The number of halogens is 1. The van der Waals surface area contributed by atoms with E-state index in [4.69, 9.17) is 0 Å². The molecule has 3 rings (SSSR count). The van der Waals surface area contributed by atoms with E-state index in [9.17, 15) is 17.6 Å². The first-order valence-electron chi connectivity index (χ1n) is 10.6. The lowest BCUT2D eigenvalue weighted by molar-refractivity contribution is -0.121. The molecule has 33 heavy (non-hydrogen) atoms. The molecule has 2 aromatic carbocycles. The Morgan fingerprint density at radius 2 is 1.67 bits per heavy atom. The van der Waals surface area contributed by atoms with Crippen LogP contribution in [0.5, 0.6) is 0 Å². The predicted molar refractivity (Wildman–Crippen MR) is 125 cm³/mol. The van der Waals surface area contributed by atoms with Gasteiger partial charge in [0.15, 0.2) is 0 Å². The molecule has 0 atom stereocenters. The number of carbonyl (C=O) groups excluding carboxylic acids is 1.